The molecule has 0 bridgehead atoms. The fourth-order valence-corrected chi connectivity index (χ4v) is 4.85. The van der Waals surface area contributed by atoms with E-state index in [1.165, 1.54) is 0 Å². The summed E-state index contributed by atoms with van der Waals surface area (Å²) in [4.78, 5) is 11.4. The molecule has 3 unspecified atom stereocenters. The van der Waals surface area contributed by atoms with Gasteiger partial charge < -0.3 is 15.7 Å². The van der Waals surface area contributed by atoms with Gasteiger partial charge in [-0.25, -0.2) is 0 Å². The first-order valence-corrected chi connectivity index (χ1v) is 11.4. The van der Waals surface area contributed by atoms with Gasteiger partial charge in [-0.3, -0.25) is 9.11 Å². The summed E-state index contributed by atoms with van der Waals surface area (Å²) >= 11 is 0. The zero-order chi connectivity index (χ0) is 20.2. The minimum absolute atomic E-state index is 0.0593. The minimum atomic E-state index is -4.49. The van der Waals surface area contributed by atoms with Crippen molar-refractivity contribution in [3.8, 4) is 6.01 Å². The predicted octanol–water partition coefficient (Wildman–Crippen LogP) is 0.266. The first kappa shape index (κ1) is 21.5. The van der Waals surface area contributed by atoms with Crippen molar-refractivity contribution >= 4 is 32.1 Å². The third-order valence-corrected chi connectivity index (χ3v) is 6.89. The van der Waals surface area contributed by atoms with Gasteiger partial charge in [-0.05, 0) is 25.7 Å². The fourth-order valence-electron chi connectivity index (χ4n) is 2.93. The summed E-state index contributed by atoms with van der Waals surface area (Å²) < 4.78 is 64.8. The normalized spacial score (nSPS) is 23.7. The lowest BCUT2D eigenvalue weighted by molar-refractivity contribution is 0.384. The molecule has 0 radical (unpaired) electrons. The maximum Gasteiger partial charge on any atom is 0.320 e. The zero-order valence-electron chi connectivity index (χ0n) is 14.6. The Morgan fingerprint density at radius 3 is 2.30 bits per heavy atom. The maximum absolute atomic E-state index is 11.6. The Hall–Kier alpha value is -1.77. The molecule has 0 aliphatic heterocycles. The Labute approximate surface area is 157 Å². The topological polar surface area (TPSA) is 192 Å². The number of aromatic nitrogens is 3. The summed E-state index contributed by atoms with van der Waals surface area (Å²) in [5.41, 5.74) is 0. The molecule has 5 N–H and O–H groups in total. The number of unbranched alkanes of at least 4 members (excludes halogenated alkanes) is 1. The Bertz CT molecular complexity index is 862. The largest absolute Gasteiger partial charge is 0.479 e. The van der Waals surface area contributed by atoms with Crippen LogP contribution >= 0.6 is 0 Å². The Morgan fingerprint density at radius 2 is 1.70 bits per heavy atom. The second-order valence-electron chi connectivity index (χ2n) is 6.32. The molecule has 1 aromatic rings. The number of nitrogens with zero attached hydrogens (tertiary/aromatic N) is 3. The molecule has 0 aromatic carbocycles. The molecule has 1 saturated carbocycles. The first-order valence-electron chi connectivity index (χ1n) is 8.38. The molecule has 3 atom stereocenters. The quantitative estimate of drug-likeness (QED) is 0.282. The molecule has 2 rings (SSSR count). The molecular formula is C13H23N5O7S2. The van der Waals surface area contributed by atoms with E-state index in [2.05, 4.69) is 25.6 Å². The van der Waals surface area contributed by atoms with Crippen LogP contribution < -0.4 is 10.6 Å². The van der Waals surface area contributed by atoms with Gasteiger partial charge in [-0.2, -0.15) is 31.8 Å². The SMILES string of the molecule is CCCCNc1nc(O)nc(NC2CC(S(=O)(=O)O)CCC2S(=O)(=O)O)n1. The van der Waals surface area contributed by atoms with Crippen LogP contribution in [0.2, 0.25) is 0 Å². The lowest BCUT2D eigenvalue weighted by Crippen LogP contribution is -2.47. The lowest BCUT2D eigenvalue weighted by atomic mass is 9.94. The summed E-state index contributed by atoms with van der Waals surface area (Å²) in [6, 6.07) is -1.71. The molecule has 1 heterocycles. The highest BCUT2D eigenvalue weighted by Gasteiger charge is 2.42. The van der Waals surface area contributed by atoms with E-state index in [0.717, 1.165) is 12.8 Å². The standard InChI is InChI=1S/C13H23N5O7S2/c1-2-3-6-14-11-16-12(18-13(19)17-11)15-9-7-8(26(20,21)22)4-5-10(9)27(23,24)25/h8-10H,2-7H2,1H3,(H,20,21,22)(H,23,24,25)(H3,14,15,16,17,18,19). The highest BCUT2D eigenvalue weighted by atomic mass is 32.2. The van der Waals surface area contributed by atoms with Gasteiger partial charge in [0.15, 0.2) is 0 Å². The number of nitrogens with one attached hydrogen (secondary N) is 2. The van der Waals surface area contributed by atoms with E-state index in [4.69, 9.17) is 0 Å². The average molecular weight is 425 g/mol. The molecule has 27 heavy (non-hydrogen) atoms. The highest BCUT2D eigenvalue weighted by Crippen LogP contribution is 2.30. The van der Waals surface area contributed by atoms with Crippen molar-refractivity contribution < 1.29 is 31.0 Å². The van der Waals surface area contributed by atoms with E-state index >= 15 is 0 Å². The smallest absolute Gasteiger partial charge is 0.320 e. The molecule has 0 amide bonds. The van der Waals surface area contributed by atoms with E-state index in [1.807, 2.05) is 6.92 Å². The summed E-state index contributed by atoms with van der Waals surface area (Å²) in [6.07, 6.45) is 1.17. The third-order valence-electron chi connectivity index (χ3n) is 4.29. The predicted molar refractivity (Wildman–Crippen MR) is 96.8 cm³/mol. The molecule has 0 spiro atoms. The second-order valence-corrected chi connectivity index (χ2v) is 9.65. The molecular weight excluding hydrogens is 402 g/mol. The summed E-state index contributed by atoms with van der Waals surface area (Å²) in [5, 5.41) is 12.6. The van der Waals surface area contributed by atoms with Crippen LogP contribution in [0.25, 0.3) is 0 Å². The van der Waals surface area contributed by atoms with Crippen LogP contribution in [0.3, 0.4) is 0 Å². The highest BCUT2D eigenvalue weighted by molar-refractivity contribution is 7.87. The van der Waals surface area contributed by atoms with E-state index in [1.54, 1.807) is 0 Å². The number of hydrogen-bond acceptors (Lipinski definition) is 10. The molecule has 12 nitrogen and oxygen atoms in total. The van der Waals surface area contributed by atoms with Crippen LogP contribution in [0.1, 0.15) is 39.0 Å². The van der Waals surface area contributed by atoms with Crippen LogP contribution in [-0.2, 0) is 20.2 Å². The Balaban J connectivity index is 2.24. The molecule has 154 valence electrons. The molecule has 1 aromatic heterocycles. The number of aromatic hydroxyl groups is 1. The molecule has 14 heteroatoms. The van der Waals surface area contributed by atoms with Crippen molar-refractivity contribution in [2.45, 2.75) is 55.6 Å². The van der Waals surface area contributed by atoms with Crippen LogP contribution in [0.4, 0.5) is 11.9 Å². The van der Waals surface area contributed by atoms with Gasteiger partial charge in [0.2, 0.25) is 11.9 Å². The maximum atomic E-state index is 11.6. The summed E-state index contributed by atoms with van der Waals surface area (Å²) in [5.74, 6) is -0.125. The molecule has 1 fully saturated rings. The molecule has 1 aliphatic carbocycles. The number of rotatable bonds is 8. The molecule has 0 saturated heterocycles. The Kier molecular flexibility index (Phi) is 6.77. The van der Waals surface area contributed by atoms with Crippen LogP contribution in [0.5, 0.6) is 6.01 Å². The zero-order valence-corrected chi connectivity index (χ0v) is 16.2. The van der Waals surface area contributed by atoms with Crippen molar-refractivity contribution in [1.29, 1.82) is 0 Å². The second kappa shape index (κ2) is 8.50. The van der Waals surface area contributed by atoms with Crippen LogP contribution in [0.15, 0.2) is 0 Å². The van der Waals surface area contributed by atoms with E-state index in [-0.39, 0.29) is 31.2 Å². The lowest BCUT2D eigenvalue weighted by Gasteiger charge is -2.33. The van der Waals surface area contributed by atoms with E-state index < -0.39 is 42.8 Å². The van der Waals surface area contributed by atoms with Gasteiger partial charge in [-0.1, -0.05) is 13.3 Å². The summed E-state index contributed by atoms with van der Waals surface area (Å²) in [7, 11) is -8.87. The van der Waals surface area contributed by atoms with Crippen LogP contribution in [0, 0.1) is 0 Å². The van der Waals surface area contributed by atoms with Gasteiger partial charge in [0.05, 0.1) is 5.25 Å². The van der Waals surface area contributed by atoms with Crippen molar-refractivity contribution in [1.82, 2.24) is 15.0 Å². The van der Waals surface area contributed by atoms with E-state index in [9.17, 15) is 31.0 Å². The Morgan fingerprint density at radius 1 is 1.04 bits per heavy atom. The van der Waals surface area contributed by atoms with E-state index in [0.29, 0.717) is 6.54 Å². The van der Waals surface area contributed by atoms with Gasteiger partial charge in [0, 0.05) is 12.6 Å². The van der Waals surface area contributed by atoms with Crippen molar-refractivity contribution in [3.05, 3.63) is 0 Å². The average Bonchev–Trinajstić information content (AvgIpc) is 2.52. The molecule has 1 aliphatic rings. The van der Waals surface area contributed by atoms with Gasteiger partial charge in [0.25, 0.3) is 20.2 Å². The van der Waals surface area contributed by atoms with Gasteiger partial charge in [-0.15, -0.1) is 0 Å². The number of hydrogen-bond donors (Lipinski definition) is 5. The van der Waals surface area contributed by atoms with Gasteiger partial charge in [0.1, 0.15) is 5.25 Å². The minimum Gasteiger partial charge on any atom is -0.479 e. The van der Waals surface area contributed by atoms with Crippen molar-refractivity contribution in [3.63, 3.8) is 0 Å². The monoisotopic (exact) mass is 425 g/mol. The first-order chi connectivity index (χ1) is 12.5. The summed E-state index contributed by atoms with van der Waals surface area (Å²) in [6.45, 7) is 2.53. The van der Waals surface area contributed by atoms with Crippen molar-refractivity contribution in [2.75, 3.05) is 17.2 Å². The fraction of sp³-hybridized carbons (Fsp3) is 0.769. The van der Waals surface area contributed by atoms with Crippen LogP contribution in [-0.4, -0.2) is 69.1 Å². The van der Waals surface area contributed by atoms with Gasteiger partial charge >= 0.3 is 6.01 Å². The number of anilines is 2. The van der Waals surface area contributed by atoms with Crippen molar-refractivity contribution in [2.24, 2.45) is 0 Å². The third kappa shape index (κ3) is 6.12.